The van der Waals surface area contributed by atoms with E-state index in [0.29, 0.717) is 33.3 Å². The molecule has 172 valence electrons. The van der Waals surface area contributed by atoms with E-state index in [1.807, 2.05) is 0 Å². The second kappa shape index (κ2) is 10.8. The monoisotopic (exact) mass is 488 g/mol. The first-order valence-electron chi connectivity index (χ1n) is 9.58. The SMILES string of the molecule is COc1ccc(C(=O)NN2C(=O)/C(=C\c3ccc(OCCC(=O)O)c(OC)c3)SC2=S)cc1. The molecule has 0 bridgehead atoms. The van der Waals surface area contributed by atoms with E-state index in [1.165, 1.54) is 14.2 Å². The Kier molecular flexibility index (Phi) is 7.91. The summed E-state index contributed by atoms with van der Waals surface area (Å²) in [4.78, 5) is 36.3. The molecule has 0 saturated carbocycles. The summed E-state index contributed by atoms with van der Waals surface area (Å²) in [5.74, 6) is -0.541. The van der Waals surface area contributed by atoms with Gasteiger partial charge in [0.1, 0.15) is 5.75 Å². The number of carbonyl (C=O) groups is 3. The topological polar surface area (TPSA) is 114 Å². The average Bonchev–Trinajstić information content (AvgIpc) is 3.06. The van der Waals surface area contributed by atoms with Crippen LogP contribution in [-0.4, -0.2) is 53.0 Å². The van der Waals surface area contributed by atoms with Gasteiger partial charge in [-0.2, -0.15) is 5.01 Å². The van der Waals surface area contributed by atoms with Crippen molar-refractivity contribution in [3.63, 3.8) is 0 Å². The summed E-state index contributed by atoms with van der Waals surface area (Å²) in [6.45, 7) is -0.00239. The summed E-state index contributed by atoms with van der Waals surface area (Å²) < 4.78 is 16.0. The fourth-order valence-corrected chi connectivity index (χ4v) is 3.94. The predicted octanol–water partition coefficient (Wildman–Crippen LogP) is 3.10. The van der Waals surface area contributed by atoms with Crippen LogP contribution >= 0.6 is 24.0 Å². The number of rotatable bonds is 9. The zero-order valence-corrected chi connectivity index (χ0v) is 19.3. The lowest BCUT2D eigenvalue weighted by Crippen LogP contribution is -2.44. The van der Waals surface area contributed by atoms with Gasteiger partial charge in [0.05, 0.1) is 32.2 Å². The Bertz CT molecular complexity index is 1120. The van der Waals surface area contributed by atoms with Crippen molar-refractivity contribution in [1.29, 1.82) is 0 Å². The Morgan fingerprint density at radius 2 is 1.85 bits per heavy atom. The van der Waals surface area contributed by atoms with E-state index in [-0.39, 0.29) is 17.3 Å². The molecule has 0 spiro atoms. The molecular weight excluding hydrogens is 468 g/mol. The van der Waals surface area contributed by atoms with E-state index in [9.17, 15) is 14.4 Å². The van der Waals surface area contributed by atoms with Gasteiger partial charge in [0.2, 0.25) is 0 Å². The maximum absolute atomic E-state index is 12.8. The van der Waals surface area contributed by atoms with Crippen molar-refractivity contribution in [3.8, 4) is 17.2 Å². The Morgan fingerprint density at radius 3 is 2.48 bits per heavy atom. The van der Waals surface area contributed by atoms with Crippen molar-refractivity contribution in [2.75, 3.05) is 20.8 Å². The number of carbonyl (C=O) groups excluding carboxylic acids is 2. The predicted molar refractivity (Wildman–Crippen MR) is 126 cm³/mol. The molecule has 33 heavy (non-hydrogen) atoms. The number of hydrogen-bond donors (Lipinski definition) is 2. The van der Waals surface area contributed by atoms with Crippen LogP contribution in [0.3, 0.4) is 0 Å². The number of thioether (sulfide) groups is 1. The number of aliphatic carboxylic acids is 1. The molecule has 2 N–H and O–H groups in total. The standard InChI is InChI=1S/C22H20N2O7S2/c1-29-15-6-4-14(5-7-15)20(27)23-24-21(28)18(33-22(24)32)12-13-3-8-16(17(11-13)30-2)31-10-9-19(25)26/h3-8,11-12H,9-10H2,1-2H3,(H,23,27)(H,25,26)/b18-12+. The van der Waals surface area contributed by atoms with E-state index in [2.05, 4.69) is 5.43 Å². The van der Waals surface area contributed by atoms with Gasteiger partial charge in [-0.25, -0.2) is 0 Å². The fourth-order valence-electron chi connectivity index (χ4n) is 2.77. The summed E-state index contributed by atoms with van der Waals surface area (Å²) in [6.07, 6.45) is 1.47. The van der Waals surface area contributed by atoms with Gasteiger partial charge in [-0.1, -0.05) is 17.8 Å². The maximum atomic E-state index is 12.8. The van der Waals surface area contributed by atoms with Gasteiger partial charge < -0.3 is 19.3 Å². The lowest BCUT2D eigenvalue weighted by molar-refractivity contribution is -0.137. The van der Waals surface area contributed by atoms with Crippen LogP contribution in [0.2, 0.25) is 0 Å². The Morgan fingerprint density at radius 1 is 1.12 bits per heavy atom. The van der Waals surface area contributed by atoms with Gasteiger partial charge in [0.15, 0.2) is 15.8 Å². The minimum Gasteiger partial charge on any atom is -0.497 e. The summed E-state index contributed by atoms with van der Waals surface area (Å²) in [7, 11) is 2.98. The summed E-state index contributed by atoms with van der Waals surface area (Å²) in [5, 5.41) is 9.76. The van der Waals surface area contributed by atoms with Crippen LogP contribution < -0.4 is 19.6 Å². The van der Waals surface area contributed by atoms with Crippen molar-refractivity contribution >= 4 is 52.2 Å². The molecule has 0 radical (unpaired) electrons. The Balaban J connectivity index is 1.71. The molecule has 1 saturated heterocycles. The molecule has 0 atom stereocenters. The van der Waals surface area contributed by atoms with Crippen molar-refractivity contribution in [2.45, 2.75) is 6.42 Å². The van der Waals surface area contributed by atoms with Gasteiger partial charge in [-0.05, 0) is 60.3 Å². The molecule has 11 heteroatoms. The third kappa shape index (κ3) is 6.02. The molecule has 1 fully saturated rings. The molecule has 2 aromatic carbocycles. The minimum atomic E-state index is -0.966. The zero-order valence-electron chi connectivity index (χ0n) is 17.7. The fraction of sp³-hybridized carbons (Fsp3) is 0.182. The summed E-state index contributed by atoms with van der Waals surface area (Å²) >= 11 is 6.31. The van der Waals surface area contributed by atoms with Crippen LogP contribution in [0, 0.1) is 0 Å². The first-order valence-corrected chi connectivity index (χ1v) is 10.8. The number of amides is 2. The van der Waals surface area contributed by atoms with E-state index in [4.69, 9.17) is 31.5 Å². The molecule has 0 aliphatic carbocycles. The van der Waals surface area contributed by atoms with Crippen LogP contribution in [0.15, 0.2) is 47.4 Å². The zero-order chi connectivity index (χ0) is 24.0. The highest BCUT2D eigenvalue weighted by Crippen LogP contribution is 2.34. The van der Waals surface area contributed by atoms with Crippen molar-refractivity contribution in [3.05, 3.63) is 58.5 Å². The average molecular weight is 489 g/mol. The first kappa shape index (κ1) is 24.1. The third-order valence-electron chi connectivity index (χ3n) is 4.42. The number of hydrazine groups is 1. The largest absolute Gasteiger partial charge is 0.497 e. The number of benzene rings is 2. The number of hydrogen-bond acceptors (Lipinski definition) is 8. The number of carboxylic acids is 1. The molecular formula is C22H20N2O7S2. The van der Waals surface area contributed by atoms with Crippen LogP contribution in [0.25, 0.3) is 6.08 Å². The second-order valence-electron chi connectivity index (χ2n) is 6.59. The minimum absolute atomic E-state index is 0.00239. The van der Waals surface area contributed by atoms with Gasteiger partial charge in [-0.3, -0.25) is 19.8 Å². The molecule has 1 aliphatic rings. The van der Waals surface area contributed by atoms with Gasteiger partial charge in [-0.15, -0.1) is 0 Å². The van der Waals surface area contributed by atoms with Crippen molar-refractivity contribution in [2.24, 2.45) is 0 Å². The molecule has 0 aromatic heterocycles. The second-order valence-corrected chi connectivity index (χ2v) is 8.26. The lowest BCUT2D eigenvalue weighted by atomic mass is 10.2. The number of nitrogens with zero attached hydrogens (tertiary/aromatic N) is 1. The molecule has 3 rings (SSSR count). The number of nitrogens with one attached hydrogen (secondary N) is 1. The molecule has 1 aliphatic heterocycles. The Hall–Kier alpha value is -3.57. The molecule has 2 aromatic rings. The number of methoxy groups -OCH3 is 2. The summed E-state index contributed by atoms with van der Waals surface area (Å²) in [6, 6.07) is 11.4. The van der Waals surface area contributed by atoms with Gasteiger partial charge >= 0.3 is 5.97 Å². The normalized spacial score (nSPS) is 14.4. The third-order valence-corrected chi connectivity index (χ3v) is 5.72. The van der Waals surface area contributed by atoms with E-state index < -0.39 is 17.8 Å². The highest BCUT2D eigenvalue weighted by molar-refractivity contribution is 8.26. The van der Waals surface area contributed by atoms with Crippen LogP contribution in [-0.2, 0) is 9.59 Å². The highest BCUT2D eigenvalue weighted by atomic mass is 32.2. The number of carboxylic acid groups (broad SMARTS) is 1. The van der Waals surface area contributed by atoms with E-state index >= 15 is 0 Å². The van der Waals surface area contributed by atoms with Crippen LogP contribution in [0.1, 0.15) is 22.3 Å². The van der Waals surface area contributed by atoms with Crippen molar-refractivity contribution < 1.29 is 33.7 Å². The van der Waals surface area contributed by atoms with E-state index in [1.54, 1.807) is 48.5 Å². The van der Waals surface area contributed by atoms with Crippen molar-refractivity contribution in [1.82, 2.24) is 10.4 Å². The Labute approximate surface area is 199 Å². The molecule has 0 unspecified atom stereocenters. The lowest BCUT2D eigenvalue weighted by Gasteiger charge is -2.15. The summed E-state index contributed by atoms with van der Waals surface area (Å²) in [5.41, 5.74) is 3.50. The van der Waals surface area contributed by atoms with Crippen LogP contribution in [0.5, 0.6) is 17.2 Å². The van der Waals surface area contributed by atoms with Gasteiger partial charge in [0.25, 0.3) is 11.8 Å². The molecule has 1 heterocycles. The molecule has 9 nitrogen and oxygen atoms in total. The first-order chi connectivity index (χ1) is 15.8. The molecule has 2 amide bonds. The van der Waals surface area contributed by atoms with E-state index in [0.717, 1.165) is 16.8 Å². The van der Waals surface area contributed by atoms with Gasteiger partial charge in [0, 0.05) is 5.56 Å². The maximum Gasteiger partial charge on any atom is 0.306 e. The smallest absolute Gasteiger partial charge is 0.306 e. The number of thiocarbonyl (C=S) groups is 1. The van der Waals surface area contributed by atoms with Crippen LogP contribution in [0.4, 0.5) is 0 Å². The highest BCUT2D eigenvalue weighted by Gasteiger charge is 2.33. The number of ether oxygens (including phenoxy) is 3. The quantitative estimate of drug-likeness (QED) is 0.406.